The molecule has 0 unspecified atom stereocenters. The highest BCUT2D eigenvalue weighted by Crippen LogP contribution is 2.22. The first-order valence-corrected chi connectivity index (χ1v) is 7.06. The minimum Gasteiger partial charge on any atom is -0.294 e. The van der Waals surface area contributed by atoms with Crippen LogP contribution in [0.15, 0.2) is 30.3 Å². The molecule has 0 bridgehead atoms. The number of likely N-dealkylation sites (N-methyl/N-ethyl adjacent to an activating group) is 1. The van der Waals surface area contributed by atoms with Crippen molar-refractivity contribution < 1.29 is 13.6 Å². The summed E-state index contributed by atoms with van der Waals surface area (Å²) in [7, 11) is 1.78. The van der Waals surface area contributed by atoms with Crippen molar-refractivity contribution in [2.24, 2.45) is 0 Å². The maximum atomic E-state index is 13.1. The van der Waals surface area contributed by atoms with Crippen molar-refractivity contribution in [3.63, 3.8) is 0 Å². The average Bonchev–Trinajstić information content (AvgIpc) is 2.77. The van der Waals surface area contributed by atoms with Crippen molar-refractivity contribution in [1.82, 2.24) is 4.90 Å². The lowest BCUT2D eigenvalue weighted by Crippen LogP contribution is -2.25. The Labute approximate surface area is 124 Å². The lowest BCUT2D eigenvalue weighted by Gasteiger charge is -2.14. The minimum absolute atomic E-state index is 0.126. The van der Waals surface area contributed by atoms with E-state index in [1.807, 2.05) is 6.07 Å². The molecule has 2 nitrogen and oxygen atoms in total. The molecule has 0 aliphatic rings. The van der Waals surface area contributed by atoms with Gasteiger partial charge in [-0.1, -0.05) is 11.6 Å². The number of halogens is 3. The van der Waals surface area contributed by atoms with E-state index in [1.54, 1.807) is 18.0 Å². The van der Waals surface area contributed by atoms with Crippen molar-refractivity contribution in [1.29, 1.82) is 0 Å². The Balaban J connectivity index is 1.98. The van der Waals surface area contributed by atoms with Gasteiger partial charge in [-0.15, -0.1) is 11.3 Å². The van der Waals surface area contributed by atoms with E-state index in [9.17, 15) is 13.6 Å². The van der Waals surface area contributed by atoms with Gasteiger partial charge < -0.3 is 0 Å². The Morgan fingerprint density at radius 3 is 2.60 bits per heavy atom. The normalized spacial score (nSPS) is 11.1. The second-order valence-electron chi connectivity index (χ2n) is 4.43. The van der Waals surface area contributed by atoms with Crippen LogP contribution in [-0.4, -0.2) is 24.3 Å². The summed E-state index contributed by atoms with van der Waals surface area (Å²) in [5.41, 5.74) is 0.167. The molecule has 0 radical (unpaired) electrons. The van der Waals surface area contributed by atoms with Crippen LogP contribution in [0.5, 0.6) is 0 Å². The molecule has 0 atom stereocenters. The fraction of sp³-hybridized carbons (Fsp3) is 0.214. The highest BCUT2D eigenvalue weighted by molar-refractivity contribution is 7.16. The summed E-state index contributed by atoms with van der Waals surface area (Å²) < 4.78 is 26.6. The van der Waals surface area contributed by atoms with Gasteiger partial charge in [0.05, 0.1) is 10.9 Å². The number of nitrogens with zero attached hydrogens (tertiary/aromatic N) is 1. The van der Waals surface area contributed by atoms with Crippen molar-refractivity contribution in [3.05, 3.63) is 56.7 Å². The lowest BCUT2D eigenvalue weighted by molar-refractivity contribution is 0.0943. The number of Topliss-reactive ketones (excluding diaryl/α,β-unsaturated/α-hetero) is 1. The smallest absolute Gasteiger partial charge is 0.176 e. The highest BCUT2D eigenvalue weighted by Gasteiger charge is 2.13. The van der Waals surface area contributed by atoms with E-state index >= 15 is 0 Å². The zero-order valence-corrected chi connectivity index (χ0v) is 12.3. The van der Waals surface area contributed by atoms with Gasteiger partial charge in [0.1, 0.15) is 0 Å². The third-order valence-electron chi connectivity index (χ3n) is 2.71. The Morgan fingerprint density at radius 1 is 1.25 bits per heavy atom. The van der Waals surface area contributed by atoms with Crippen LogP contribution in [0.2, 0.25) is 4.34 Å². The third-order valence-corrected chi connectivity index (χ3v) is 3.93. The molecule has 2 rings (SSSR count). The lowest BCUT2D eigenvalue weighted by atomic mass is 10.1. The number of rotatable bonds is 5. The molecule has 0 fully saturated rings. The molecule has 1 heterocycles. The van der Waals surface area contributed by atoms with Gasteiger partial charge in [0, 0.05) is 17.0 Å². The van der Waals surface area contributed by atoms with E-state index in [0.717, 1.165) is 17.0 Å². The predicted octanol–water partition coefficient (Wildman–Crippen LogP) is 3.99. The standard InChI is InChI=1S/C14H12ClF2NOS/c1-18(7-10-3-5-14(15)20-10)8-13(19)9-2-4-11(16)12(17)6-9/h2-6H,7-8H2,1H3. The molecule has 0 saturated carbocycles. The summed E-state index contributed by atoms with van der Waals surface area (Å²) >= 11 is 7.28. The molecular weight excluding hydrogens is 304 g/mol. The molecule has 0 spiro atoms. The second kappa shape index (κ2) is 6.43. The van der Waals surface area contributed by atoms with Crippen molar-refractivity contribution in [2.45, 2.75) is 6.54 Å². The van der Waals surface area contributed by atoms with Crippen molar-refractivity contribution >= 4 is 28.7 Å². The van der Waals surface area contributed by atoms with Crippen molar-refractivity contribution in [2.75, 3.05) is 13.6 Å². The molecule has 20 heavy (non-hydrogen) atoms. The van der Waals surface area contributed by atoms with Crippen LogP contribution in [0.4, 0.5) is 8.78 Å². The van der Waals surface area contributed by atoms with Gasteiger partial charge in [-0.05, 0) is 37.4 Å². The Kier molecular flexibility index (Phi) is 4.86. The zero-order valence-electron chi connectivity index (χ0n) is 10.7. The fourth-order valence-corrected chi connectivity index (χ4v) is 2.93. The van der Waals surface area contributed by atoms with Crippen LogP contribution in [0.25, 0.3) is 0 Å². The summed E-state index contributed by atoms with van der Waals surface area (Å²) in [5.74, 6) is -2.22. The molecule has 0 saturated heterocycles. The van der Waals surface area contributed by atoms with Crippen LogP contribution in [0, 0.1) is 11.6 Å². The quantitative estimate of drug-likeness (QED) is 0.777. The molecule has 6 heteroatoms. The number of carbonyl (C=O) groups is 1. The first-order valence-electron chi connectivity index (χ1n) is 5.86. The number of benzene rings is 1. The molecular formula is C14H12ClF2NOS. The Morgan fingerprint density at radius 2 is 2.00 bits per heavy atom. The summed E-state index contributed by atoms with van der Waals surface area (Å²) in [6, 6.07) is 6.86. The van der Waals surface area contributed by atoms with E-state index in [1.165, 1.54) is 17.4 Å². The Hall–Kier alpha value is -1.30. The fourth-order valence-electron chi connectivity index (χ4n) is 1.76. The Bertz CT molecular complexity index is 629. The van der Waals surface area contributed by atoms with Gasteiger partial charge in [0.25, 0.3) is 0 Å². The first-order chi connectivity index (χ1) is 9.45. The number of carbonyl (C=O) groups excluding carboxylic acids is 1. The number of hydrogen-bond acceptors (Lipinski definition) is 3. The van der Waals surface area contributed by atoms with Gasteiger partial charge in [-0.25, -0.2) is 8.78 Å². The van der Waals surface area contributed by atoms with Crippen LogP contribution in [0.3, 0.4) is 0 Å². The number of ketones is 1. The van der Waals surface area contributed by atoms with Gasteiger partial charge >= 0.3 is 0 Å². The molecule has 1 aromatic carbocycles. The summed E-state index contributed by atoms with van der Waals surface area (Å²) in [6.45, 7) is 0.702. The summed E-state index contributed by atoms with van der Waals surface area (Å²) in [4.78, 5) is 14.8. The molecule has 106 valence electrons. The van der Waals surface area contributed by atoms with Gasteiger partial charge in [0.2, 0.25) is 0 Å². The van der Waals surface area contributed by atoms with Gasteiger partial charge in [0.15, 0.2) is 17.4 Å². The number of hydrogen-bond donors (Lipinski definition) is 0. The molecule has 1 aromatic heterocycles. The summed E-state index contributed by atoms with van der Waals surface area (Å²) in [5, 5.41) is 0. The molecule has 0 aliphatic heterocycles. The third kappa shape index (κ3) is 3.85. The van der Waals surface area contributed by atoms with Crippen LogP contribution < -0.4 is 0 Å². The maximum absolute atomic E-state index is 13.1. The number of thiophene rings is 1. The summed E-state index contributed by atoms with van der Waals surface area (Å²) in [6.07, 6.45) is 0. The predicted molar refractivity (Wildman–Crippen MR) is 76.4 cm³/mol. The average molecular weight is 316 g/mol. The largest absolute Gasteiger partial charge is 0.294 e. The van der Waals surface area contributed by atoms with Crippen LogP contribution in [-0.2, 0) is 6.54 Å². The first kappa shape index (κ1) is 15.1. The zero-order chi connectivity index (χ0) is 14.7. The van der Waals surface area contributed by atoms with Gasteiger partial charge in [-0.2, -0.15) is 0 Å². The molecule has 0 N–H and O–H groups in total. The minimum atomic E-state index is -1.01. The van der Waals surface area contributed by atoms with Gasteiger partial charge in [-0.3, -0.25) is 9.69 Å². The molecule has 2 aromatic rings. The molecule has 0 amide bonds. The SMILES string of the molecule is CN(CC(=O)c1ccc(F)c(F)c1)Cc1ccc(Cl)s1. The molecule has 0 aliphatic carbocycles. The topological polar surface area (TPSA) is 20.3 Å². The van der Waals surface area contributed by atoms with E-state index in [2.05, 4.69) is 0 Å². The van der Waals surface area contributed by atoms with E-state index < -0.39 is 11.6 Å². The monoisotopic (exact) mass is 315 g/mol. The van der Waals surface area contributed by atoms with Crippen LogP contribution in [0.1, 0.15) is 15.2 Å². The van der Waals surface area contributed by atoms with E-state index in [0.29, 0.717) is 10.9 Å². The second-order valence-corrected chi connectivity index (χ2v) is 6.23. The van der Waals surface area contributed by atoms with Crippen LogP contribution >= 0.6 is 22.9 Å². The van der Waals surface area contributed by atoms with Crippen molar-refractivity contribution in [3.8, 4) is 0 Å². The maximum Gasteiger partial charge on any atom is 0.176 e. The highest BCUT2D eigenvalue weighted by atomic mass is 35.5. The van der Waals surface area contributed by atoms with E-state index in [4.69, 9.17) is 11.6 Å². The van der Waals surface area contributed by atoms with E-state index in [-0.39, 0.29) is 17.9 Å².